The number of halogens is 1. The molecule has 16 heavy (non-hydrogen) atoms. The molecule has 0 aliphatic carbocycles. The average molecular weight is 264 g/mol. The Labute approximate surface area is 100 Å². The summed E-state index contributed by atoms with van der Waals surface area (Å²) < 4.78 is 27.7. The highest BCUT2D eigenvalue weighted by Gasteiger charge is 2.10. The van der Waals surface area contributed by atoms with E-state index < -0.39 is 10.2 Å². The predicted molar refractivity (Wildman–Crippen MR) is 65.8 cm³/mol. The van der Waals surface area contributed by atoms with Gasteiger partial charge in [0.1, 0.15) is 0 Å². The van der Waals surface area contributed by atoms with Crippen LogP contribution in [0, 0.1) is 6.92 Å². The smallest absolute Gasteiger partial charge is 0.299 e. The number of anilines is 1. The van der Waals surface area contributed by atoms with Crippen LogP contribution in [0.4, 0.5) is 5.69 Å². The number of rotatable bonds is 5. The zero-order valence-electron chi connectivity index (χ0n) is 8.83. The SMILES string of the molecule is Cc1ccc(Cl)cc1NS(=O)(=O)NCCN. The lowest BCUT2D eigenvalue weighted by atomic mass is 10.2. The van der Waals surface area contributed by atoms with E-state index in [1.54, 1.807) is 25.1 Å². The van der Waals surface area contributed by atoms with Crippen LogP contribution in [0.2, 0.25) is 5.02 Å². The molecular weight excluding hydrogens is 250 g/mol. The summed E-state index contributed by atoms with van der Waals surface area (Å²) in [4.78, 5) is 0. The number of hydrogen-bond donors (Lipinski definition) is 3. The van der Waals surface area contributed by atoms with Gasteiger partial charge in [-0.2, -0.15) is 13.1 Å². The normalized spacial score (nSPS) is 11.4. The maximum Gasteiger partial charge on any atom is 0.299 e. The summed E-state index contributed by atoms with van der Waals surface area (Å²) in [6.07, 6.45) is 0. The van der Waals surface area contributed by atoms with Gasteiger partial charge in [-0.25, -0.2) is 0 Å². The van der Waals surface area contributed by atoms with Gasteiger partial charge in [0, 0.05) is 18.1 Å². The number of nitrogens with two attached hydrogens (primary N) is 1. The molecule has 4 N–H and O–H groups in total. The van der Waals surface area contributed by atoms with Gasteiger partial charge in [0.2, 0.25) is 0 Å². The second-order valence-corrected chi connectivity index (χ2v) is 5.18. The van der Waals surface area contributed by atoms with E-state index in [4.69, 9.17) is 17.3 Å². The van der Waals surface area contributed by atoms with Crippen LogP contribution in [0.1, 0.15) is 5.56 Å². The third kappa shape index (κ3) is 3.97. The van der Waals surface area contributed by atoms with Gasteiger partial charge < -0.3 is 5.73 Å². The van der Waals surface area contributed by atoms with Crippen molar-refractivity contribution in [2.75, 3.05) is 17.8 Å². The molecule has 0 aromatic heterocycles. The fraction of sp³-hybridized carbons (Fsp3) is 0.333. The van der Waals surface area contributed by atoms with Crippen LogP contribution >= 0.6 is 11.6 Å². The van der Waals surface area contributed by atoms with E-state index in [2.05, 4.69) is 9.44 Å². The molecule has 7 heteroatoms. The van der Waals surface area contributed by atoms with Crippen LogP contribution in [0.15, 0.2) is 18.2 Å². The second kappa shape index (κ2) is 5.49. The highest BCUT2D eigenvalue weighted by molar-refractivity contribution is 7.90. The first-order valence-corrected chi connectivity index (χ1v) is 6.54. The first-order valence-electron chi connectivity index (χ1n) is 4.68. The fourth-order valence-corrected chi connectivity index (χ4v) is 2.22. The topological polar surface area (TPSA) is 84.2 Å². The Morgan fingerprint density at radius 1 is 1.44 bits per heavy atom. The van der Waals surface area contributed by atoms with Crippen molar-refractivity contribution >= 4 is 27.5 Å². The van der Waals surface area contributed by atoms with Gasteiger partial charge in [0.05, 0.1) is 5.69 Å². The molecule has 5 nitrogen and oxygen atoms in total. The summed E-state index contributed by atoms with van der Waals surface area (Å²) in [5.74, 6) is 0. The molecule has 0 saturated carbocycles. The van der Waals surface area contributed by atoms with Gasteiger partial charge >= 0.3 is 0 Å². The van der Waals surface area contributed by atoms with Crippen LogP contribution in [-0.2, 0) is 10.2 Å². The van der Waals surface area contributed by atoms with Crippen molar-refractivity contribution in [2.24, 2.45) is 5.73 Å². The fourth-order valence-electron chi connectivity index (χ4n) is 1.08. The minimum Gasteiger partial charge on any atom is -0.329 e. The molecule has 0 aliphatic rings. The number of benzene rings is 1. The molecule has 0 radical (unpaired) electrons. The zero-order valence-corrected chi connectivity index (χ0v) is 10.4. The van der Waals surface area contributed by atoms with Crippen molar-refractivity contribution < 1.29 is 8.42 Å². The van der Waals surface area contributed by atoms with Crippen molar-refractivity contribution in [3.05, 3.63) is 28.8 Å². The number of hydrogen-bond acceptors (Lipinski definition) is 3. The predicted octanol–water partition coefficient (Wildman–Crippen LogP) is 0.853. The van der Waals surface area contributed by atoms with E-state index >= 15 is 0 Å². The molecule has 0 atom stereocenters. The van der Waals surface area contributed by atoms with E-state index in [1.165, 1.54) is 0 Å². The summed E-state index contributed by atoms with van der Waals surface area (Å²) in [5, 5.41) is 0.474. The molecule has 0 bridgehead atoms. The van der Waals surface area contributed by atoms with E-state index in [0.29, 0.717) is 10.7 Å². The standard InChI is InChI=1S/C9H14ClN3O2S/c1-7-2-3-8(10)6-9(7)13-16(14,15)12-5-4-11/h2-3,6,12-13H,4-5,11H2,1H3. The Hall–Kier alpha value is -0.820. The Bertz CT molecular complexity index is 462. The highest BCUT2D eigenvalue weighted by Crippen LogP contribution is 2.20. The monoisotopic (exact) mass is 263 g/mol. The van der Waals surface area contributed by atoms with Gasteiger partial charge in [0.25, 0.3) is 10.2 Å². The quantitative estimate of drug-likeness (QED) is 0.736. The summed E-state index contributed by atoms with van der Waals surface area (Å²) in [7, 11) is -3.57. The second-order valence-electron chi connectivity index (χ2n) is 3.25. The molecule has 1 rings (SSSR count). The van der Waals surface area contributed by atoms with Crippen LogP contribution in [0.3, 0.4) is 0 Å². The lowest BCUT2D eigenvalue weighted by molar-refractivity contribution is 0.587. The first-order chi connectivity index (χ1) is 7.44. The molecule has 0 aliphatic heterocycles. The number of aryl methyl sites for hydroxylation is 1. The minimum atomic E-state index is -3.57. The van der Waals surface area contributed by atoms with Crippen LogP contribution < -0.4 is 15.2 Å². The lowest BCUT2D eigenvalue weighted by Crippen LogP contribution is -2.34. The number of nitrogens with one attached hydrogen (secondary N) is 2. The largest absolute Gasteiger partial charge is 0.329 e. The van der Waals surface area contributed by atoms with Crippen LogP contribution in [-0.4, -0.2) is 21.5 Å². The molecule has 0 saturated heterocycles. The molecule has 0 fully saturated rings. The Morgan fingerprint density at radius 3 is 2.75 bits per heavy atom. The van der Waals surface area contributed by atoms with Crippen molar-refractivity contribution in [1.29, 1.82) is 0 Å². The molecule has 1 aromatic carbocycles. The highest BCUT2D eigenvalue weighted by atomic mass is 35.5. The maximum atomic E-state index is 11.5. The zero-order chi connectivity index (χ0) is 12.2. The third-order valence-corrected chi connectivity index (χ3v) is 3.19. The van der Waals surface area contributed by atoms with Crippen LogP contribution in [0.25, 0.3) is 0 Å². The molecule has 0 unspecified atom stereocenters. The Balaban J connectivity index is 2.83. The van der Waals surface area contributed by atoms with Gasteiger partial charge in [-0.15, -0.1) is 0 Å². The molecule has 90 valence electrons. The Kier molecular flexibility index (Phi) is 4.55. The van der Waals surface area contributed by atoms with Crippen molar-refractivity contribution in [3.8, 4) is 0 Å². The van der Waals surface area contributed by atoms with E-state index in [-0.39, 0.29) is 13.1 Å². The minimum absolute atomic E-state index is 0.189. The summed E-state index contributed by atoms with van der Waals surface area (Å²) in [6.45, 7) is 2.22. The van der Waals surface area contributed by atoms with Crippen LogP contribution in [0.5, 0.6) is 0 Å². The third-order valence-electron chi connectivity index (χ3n) is 1.88. The molecule has 0 spiro atoms. The van der Waals surface area contributed by atoms with E-state index in [9.17, 15) is 8.42 Å². The maximum absolute atomic E-state index is 11.5. The molecule has 0 heterocycles. The van der Waals surface area contributed by atoms with E-state index in [0.717, 1.165) is 5.56 Å². The summed E-state index contributed by atoms with van der Waals surface area (Å²) in [5.41, 5.74) is 6.46. The van der Waals surface area contributed by atoms with Gasteiger partial charge in [-0.05, 0) is 24.6 Å². The molecular formula is C9H14ClN3O2S. The first kappa shape index (κ1) is 13.2. The van der Waals surface area contributed by atoms with Gasteiger partial charge in [0.15, 0.2) is 0 Å². The van der Waals surface area contributed by atoms with E-state index in [1.807, 2.05) is 0 Å². The summed E-state index contributed by atoms with van der Waals surface area (Å²) in [6, 6.07) is 4.99. The van der Waals surface area contributed by atoms with Gasteiger partial charge in [-0.3, -0.25) is 4.72 Å². The van der Waals surface area contributed by atoms with Crippen molar-refractivity contribution in [2.45, 2.75) is 6.92 Å². The summed E-state index contributed by atoms with van der Waals surface area (Å²) >= 11 is 5.77. The Morgan fingerprint density at radius 2 is 2.12 bits per heavy atom. The molecule has 0 amide bonds. The average Bonchev–Trinajstić information content (AvgIpc) is 2.20. The van der Waals surface area contributed by atoms with Gasteiger partial charge in [-0.1, -0.05) is 17.7 Å². The van der Waals surface area contributed by atoms with Crippen molar-refractivity contribution in [1.82, 2.24) is 4.72 Å². The molecule has 1 aromatic rings. The lowest BCUT2D eigenvalue weighted by Gasteiger charge is -2.11. The van der Waals surface area contributed by atoms with Crippen molar-refractivity contribution in [3.63, 3.8) is 0 Å².